The molecule has 3 rings (SSSR count). The minimum absolute atomic E-state index is 0.163. The van der Waals surface area contributed by atoms with Crippen molar-refractivity contribution in [1.82, 2.24) is 0 Å². The monoisotopic (exact) mass is 289 g/mol. The molecular weight excluding hydrogens is 272 g/mol. The topological polar surface area (TPSA) is 21.3 Å². The first-order valence-electron chi connectivity index (χ1n) is 7.02. The second-order valence-corrected chi connectivity index (χ2v) is 5.38. The van der Waals surface area contributed by atoms with Crippen molar-refractivity contribution in [3.63, 3.8) is 0 Å². The van der Waals surface area contributed by atoms with Gasteiger partial charge in [-0.1, -0.05) is 18.2 Å². The van der Waals surface area contributed by atoms with E-state index in [-0.39, 0.29) is 11.7 Å². The summed E-state index contributed by atoms with van der Waals surface area (Å²) in [6.07, 6.45) is 1.77. The van der Waals surface area contributed by atoms with Gasteiger partial charge in [0, 0.05) is 6.04 Å². The average Bonchev–Trinajstić information content (AvgIpc) is 2.46. The Bertz CT molecular complexity index is 638. The molecule has 21 heavy (non-hydrogen) atoms. The maximum Gasteiger partial charge on any atom is 0.146 e. The van der Waals surface area contributed by atoms with Crippen LogP contribution >= 0.6 is 0 Å². The number of halogens is 2. The molecule has 2 aromatic carbocycles. The molecule has 1 saturated carbocycles. The maximum absolute atomic E-state index is 13.6. The van der Waals surface area contributed by atoms with Crippen LogP contribution in [0.1, 0.15) is 24.3 Å². The molecule has 0 unspecified atom stereocenters. The molecular formula is C17H17F2NO. The number of benzene rings is 2. The minimum Gasteiger partial charge on any atom is -0.496 e. The molecule has 0 heterocycles. The van der Waals surface area contributed by atoms with Gasteiger partial charge in [-0.2, -0.15) is 0 Å². The zero-order valence-electron chi connectivity index (χ0n) is 11.8. The van der Waals surface area contributed by atoms with Crippen molar-refractivity contribution < 1.29 is 13.5 Å². The van der Waals surface area contributed by atoms with Crippen LogP contribution in [0.15, 0.2) is 42.5 Å². The summed E-state index contributed by atoms with van der Waals surface area (Å²) < 4.78 is 32.1. The summed E-state index contributed by atoms with van der Waals surface area (Å²) >= 11 is 0. The number of rotatable bonds is 4. The molecule has 0 bridgehead atoms. The van der Waals surface area contributed by atoms with Gasteiger partial charge in [0.2, 0.25) is 0 Å². The summed E-state index contributed by atoms with van der Waals surface area (Å²) in [6.45, 7) is 0. The summed E-state index contributed by atoms with van der Waals surface area (Å²) in [4.78, 5) is 0. The molecule has 0 radical (unpaired) electrons. The lowest BCUT2D eigenvalue weighted by atomic mass is 9.75. The first-order valence-corrected chi connectivity index (χ1v) is 7.02. The third kappa shape index (κ3) is 2.84. The van der Waals surface area contributed by atoms with Crippen LogP contribution in [-0.2, 0) is 0 Å². The summed E-state index contributed by atoms with van der Waals surface area (Å²) in [5.41, 5.74) is 1.41. The molecule has 0 amide bonds. The minimum atomic E-state index is -0.431. The van der Waals surface area contributed by atoms with Gasteiger partial charge in [0.05, 0.1) is 12.8 Å². The molecule has 0 saturated heterocycles. The Morgan fingerprint density at radius 1 is 1.10 bits per heavy atom. The van der Waals surface area contributed by atoms with Crippen LogP contribution in [0, 0.1) is 11.6 Å². The number of methoxy groups -OCH3 is 1. The van der Waals surface area contributed by atoms with E-state index in [1.54, 1.807) is 7.11 Å². The predicted molar refractivity (Wildman–Crippen MR) is 78.7 cm³/mol. The molecule has 4 heteroatoms. The Kier molecular flexibility index (Phi) is 3.78. The molecule has 1 aliphatic carbocycles. The lowest BCUT2D eigenvalue weighted by Crippen LogP contribution is -2.34. The Morgan fingerprint density at radius 2 is 1.86 bits per heavy atom. The van der Waals surface area contributed by atoms with Gasteiger partial charge in [-0.3, -0.25) is 0 Å². The highest BCUT2D eigenvalue weighted by molar-refractivity contribution is 5.47. The lowest BCUT2D eigenvalue weighted by Gasteiger charge is -2.37. The lowest BCUT2D eigenvalue weighted by molar-refractivity contribution is 0.349. The van der Waals surface area contributed by atoms with Crippen LogP contribution in [-0.4, -0.2) is 13.2 Å². The number of anilines is 1. The first-order chi connectivity index (χ1) is 10.2. The molecule has 110 valence electrons. The molecule has 0 aliphatic heterocycles. The fourth-order valence-corrected chi connectivity index (χ4v) is 2.82. The van der Waals surface area contributed by atoms with E-state index in [4.69, 9.17) is 4.74 Å². The van der Waals surface area contributed by atoms with Gasteiger partial charge in [0.25, 0.3) is 0 Å². The van der Waals surface area contributed by atoms with Crippen LogP contribution in [0.5, 0.6) is 5.75 Å². The van der Waals surface area contributed by atoms with Gasteiger partial charge in [-0.15, -0.1) is 0 Å². The van der Waals surface area contributed by atoms with Gasteiger partial charge in [0.15, 0.2) is 0 Å². The molecule has 0 aromatic heterocycles. The Balaban J connectivity index is 1.65. The molecule has 1 fully saturated rings. The fraction of sp³-hybridized carbons (Fsp3) is 0.294. The Morgan fingerprint density at radius 3 is 2.62 bits per heavy atom. The number of hydrogen-bond acceptors (Lipinski definition) is 2. The van der Waals surface area contributed by atoms with Crippen molar-refractivity contribution in [3.8, 4) is 5.75 Å². The van der Waals surface area contributed by atoms with Crippen LogP contribution in [0.2, 0.25) is 0 Å². The standard InChI is InChI=1S/C17H17F2NO/c1-21-17-5-3-2-4-14(17)11-8-13(9-11)20-16-10-12(18)6-7-15(16)19/h2-7,10-11,13,20H,8-9H2,1H3. The van der Waals surface area contributed by atoms with E-state index < -0.39 is 11.6 Å². The molecule has 0 atom stereocenters. The van der Waals surface area contributed by atoms with Gasteiger partial charge in [-0.05, 0) is 48.6 Å². The maximum atomic E-state index is 13.6. The number of hydrogen-bond donors (Lipinski definition) is 1. The Hall–Kier alpha value is -2.10. The third-order valence-electron chi connectivity index (χ3n) is 4.00. The van der Waals surface area contributed by atoms with Gasteiger partial charge in [0.1, 0.15) is 17.4 Å². The van der Waals surface area contributed by atoms with Gasteiger partial charge in [-0.25, -0.2) is 8.78 Å². The van der Waals surface area contributed by atoms with Crippen molar-refractivity contribution in [2.24, 2.45) is 0 Å². The first kappa shape index (κ1) is 13.9. The third-order valence-corrected chi connectivity index (χ3v) is 4.00. The SMILES string of the molecule is COc1ccccc1C1CC(Nc2cc(F)ccc2F)C1. The van der Waals surface area contributed by atoms with Crippen LogP contribution in [0.3, 0.4) is 0 Å². The van der Waals surface area contributed by atoms with Crippen molar-refractivity contribution in [3.05, 3.63) is 59.7 Å². The van der Waals surface area contributed by atoms with Crippen LogP contribution < -0.4 is 10.1 Å². The van der Waals surface area contributed by atoms with E-state index in [0.717, 1.165) is 30.7 Å². The Labute approximate surface area is 122 Å². The largest absolute Gasteiger partial charge is 0.496 e. The number of para-hydroxylation sites is 1. The van der Waals surface area contributed by atoms with Crippen LogP contribution in [0.4, 0.5) is 14.5 Å². The normalized spacial score (nSPS) is 20.7. The van der Waals surface area contributed by atoms with Crippen molar-refractivity contribution >= 4 is 5.69 Å². The average molecular weight is 289 g/mol. The van der Waals surface area contributed by atoms with E-state index in [2.05, 4.69) is 11.4 Å². The molecule has 2 aromatic rings. The fourth-order valence-electron chi connectivity index (χ4n) is 2.82. The highest BCUT2D eigenvalue weighted by Gasteiger charge is 2.32. The van der Waals surface area contributed by atoms with E-state index in [1.165, 1.54) is 11.6 Å². The summed E-state index contributed by atoms with van der Waals surface area (Å²) in [5, 5.41) is 3.07. The van der Waals surface area contributed by atoms with Crippen molar-refractivity contribution in [2.45, 2.75) is 24.8 Å². The van der Waals surface area contributed by atoms with Gasteiger partial charge < -0.3 is 10.1 Å². The van der Waals surface area contributed by atoms with E-state index in [0.29, 0.717) is 5.92 Å². The van der Waals surface area contributed by atoms with Gasteiger partial charge >= 0.3 is 0 Å². The number of ether oxygens (including phenoxy) is 1. The van der Waals surface area contributed by atoms with Crippen molar-refractivity contribution in [1.29, 1.82) is 0 Å². The second-order valence-electron chi connectivity index (χ2n) is 5.38. The molecule has 1 aliphatic rings. The summed E-state index contributed by atoms with van der Waals surface area (Å²) in [5.74, 6) is 0.435. The number of nitrogens with one attached hydrogen (secondary N) is 1. The zero-order valence-corrected chi connectivity index (χ0v) is 11.8. The predicted octanol–water partition coefficient (Wildman–Crippen LogP) is 4.33. The second kappa shape index (κ2) is 5.72. The van der Waals surface area contributed by atoms with Crippen LogP contribution in [0.25, 0.3) is 0 Å². The highest BCUT2D eigenvalue weighted by Crippen LogP contribution is 2.42. The molecule has 2 nitrogen and oxygen atoms in total. The van der Waals surface area contributed by atoms with Crippen molar-refractivity contribution in [2.75, 3.05) is 12.4 Å². The smallest absolute Gasteiger partial charge is 0.146 e. The quantitative estimate of drug-likeness (QED) is 0.904. The molecule has 0 spiro atoms. The highest BCUT2D eigenvalue weighted by atomic mass is 19.1. The summed E-state index contributed by atoms with van der Waals surface area (Å²) in [6, 6.07) is 11.6. The summed E-state index contributed by atoms with van der Waals surface area (Å²) in [7, 11) is 1.66. The van der Waals surface area contributed by atoms with E-state index in [1.807, 2.05) is 18.2 Å². The molecule has 1 N–H and O–H groups in total. The van der Waals surface area contributed by atoms with E-state index >= 15 is 0 Å². The van der Waals surface area contributed by atoms with E-state index in [9.17, 15) is 8.78 Å². The zero-order chi connectivity index (χ0) is 14.8.